The number of hydrogen-bond donors (Lipinski definition) is 2. The summed E-state index contributed by atoms with van der Waals surface area (Å²) in [6, 6.07) is 5.61. The summed E-state index contributed by atoms with van der Waals surface area (Å²) in [5.74, 6) is 0.0674. The van der Waals surface area contributed by atoms with Gasteiger partial charge in [-0.1, -0.05) is 29.3 Å². The molecule has 0 aromatic heterocycles. The van der Waals surface area contributed by atoms with Gasteiger partial charge in [0, 0.05) is 32.5 Å². The normalized spacial score (nSPS) is 23.1. The van der Waals surface area contributed by atoms with Crippen LogP contribution >= 0.6 is 23.2 Å². The fraction of sp³-hybridized carbons (Fsp3) is 0.500. The molecule has 0 aliphatic carbocycles. The van der Waals surface area contributed by atoms with Crippen LogP contribution in [0.5, 0.6) is 0 Å². The van der Waals surface area contributed by atoms with E-state index in [2.05, 4.69) is 10.6 Å². The molecule has 0 saturated carbocycles. The van der Waals surface area contributed by atoms with Crippen LogP contribution in [-0.4, -0.2) is 38.3 Å². The molecule has 0 radical (unpaired) electrons. The number of rotatable bonds is 3. The van der Waals surface area contributed by atoms with E-state index >= 15 is 0 Å². The van der Waals surface area contributed by atoms with E-state index < -0.39 is 0 Å². The topological polar surface area (TPSA) is 50.4 Å². The van der Waals surface area contributed by atoms with Gasteiger partial charge in [-0.2, -0.15) is 0 Å². The highest BCUT2D eigenvalue weighted by Gasteiger charge is 2.26. The van der Waals surface area contributed by atoms with Crippen LogP contribution in [-0.2, 0) is 9.53 Å². The van der Waals surface area contributed by atoms with Gasteiger partial charge in [-0.05, 0) is 17.7 Å². The quantitative estimate of drug-likeness (QED) is 0.899. The molecule has 0 bridgehead atoms. The van der Waals surface area contributed by atoms with Gasteiger partial charge in [-0.3, -0.25) is 4.79 Å². The first kappa shape index (κ1) is 15.6. The molecule has 1 aromatic rings. The van der Waals surface area contributed by atoms with Gasteiger partial charge in [0.2, 0.25) is 5.91 Å². The Kier molecular flexibility index (Phi) is 5.66. The standard InChI is InChI=1S/C14H18Cl2N2O2/c1-9(19)18-8-14-11(7-17-4-5-20-14)10-2-3-12(15)13(16)6-10/h2-3,6,11,14,17H,4-5,7-8H2,1H3,(H,18,19)/t11-,14+/m0/s1. The molecule has 1 aliphatic rings. The highest BCUT2D eigenvalue weighted by molar-refractivity contribution is 6.42. The lowest BCUT2D eigenvalue weighted by molar-refractivity contribution is -0.119. The number of carbonyl (C=O) groups is 1. The first-order chi connectivity index (χ1) is 9.58. The minimum absolute atomic E-state index is 0.0568. The monoisotopic (exact) mass is 316 g/mol. The molecule has 0 spiro atoms. The molecule has 1 amide bonds. The number of hydrogen-bond acceptors (Lipinski definition) is 3. The third-order valence-electron chi connectivity index (χ3n) is 3.35. The summed E-state index contributed by atoms with van der Waals surface area (Å²) >= 11 is 12.0. The van der Waals surface area contributed by atoms with Crippen molar-refractivity contribution < 1.29 is 9.53 Å². The minimum Gasteiger partial charge on any atom is -0.374 e. The van der Waals surface area contributed by atoms with Crippen molar-refractivity contribution in [2.24, 2.45) is 0 Å². The van der Waals surface area contributed by atoms with Crippen LogP contribution in [0.3, 0.4) is 0 Å². The molecular formula is C14H18Cl2N2O2. The van der Waals surface area contributed by atoms with Gasteiger partial charge in [-0.25, -0.2) is 0 Å². The average Bonchev–Trinajstić information content (AvgIpc) is 2.65. The molecule has 1 heterocycles. The summed E-state index contributed by atoms with van der Waals surface area (Å²) in [5.41, 5.74) is 1.06. The molecule has 20 heavy (non-hydrogen) atoms. The summed E-state index contributed by atoms with van der Waals surface area (Å²) in [6.45, 7) is 4.20. The first-order valence-corrected chi connectivity index (χ1v) is 7.35. The van der Waals surface area contributed by atoms with Crippen LogP contribution in [0.25, 0.3) is 0 Å². The van der Waals surface area contributed by atoms with E-state index in [9.17, 15) is 4.79 Å². The number of carbonyl (C=O) groups excluding carboxylic acids is 1. The van der Waals surface area contributed by atoms with E-state index in [1.54, 1.807) is 6.07 Å². The van der Waals surface area contributed by atoms with Crippen LogP contribution in [0.2, 0.25) is 10.0 Å². The highest BCUT2D eigenvalue weighted by atomic mass is 35.5. The number of amides is 1. The van der Waals surface area contributed by atoms with Gasteiger partial charge < -0.3 is 15.4 Å². The van der Waals surface area contributed by atoms with E-state index in [4.69, 9.17) is 27.9 Å². The second kappa shape index (κ2) is 7.27. The van der Waals surface area contributed by atoms with Crippen LogP contribution in [0.15, 0.2) is 18.2 Å². The Morgan fingerprint density at radius 1 is 1.45 bits per heavy atom. The molecule has 1 aliphatic heterocycles. The van der Waals surface area contributed by atoms with Crippen molar-refractivity contribution in [1.29, 1.82) is 0 Å². The molecule has 1 fully saturated rings. The van der Waals surface area contributed by atoms with E-state index in [0.717, 1.165) is 18.7 Å². The van der Waals surface area contributed by atoms with Crippen molar-refractivity contribution in [2.75, 3.05) is 26.2 Å². The lowest BCUT2D eigenvalue weighted by Crippen LogP contribution is -2.37. The zero-order valence-electron chi connectivity index (χ0n) is 11.3. The third-order valence-corrected chi connectivity index (χ3v) is 4.09. The minimum atomic E-state index is -0.0776. The Morgan fingerprint density at radius 2 is 2.25 bits per heavy atom. The second-order valence-corrected chi connectivity index (χ2v) is 5.64. The van der Waals surface area contributed by atoms with Crippen LogP contribution in [0.1, 0.15) is 18.4 Å². The van der Waals surface area contributed by atoms with Crippen molar-refractivity contribution >= 4 is 29.1 Å². The smallest absolute Gasteiger partial charge is 0.216 e. The summed E-state index contributed by atoms with van der Waals surface area (Å²) in [7, 11) is 0. The van der Waals surface area contributed by atoms with Gasteiger partial charge in [0.25, 0.3) is 0 Å². The molecule has 6 heteroatoms. The zero-order valence-corrected chi connectivity index (χ0v) is 12.8. The summed E-state index contributed by atoms with van der Waals surface area (Å²) < 4.78 is 5.84. The van der Waals surface area contributed by atoms with E-state index in [0.29, 0.717) is 23.2 Å². The maximum absolute atomic E-state index is 11.1. The molecule has 2 atom stereocenters. The number of nitrogens with one attached hydrogen (secondary N) is 2. The maximum Gasteiger partial charge on any atom is 0.216 e. The molecule has 2 N–H and O–H groups in total. The van der Waals surface area contributed by atoms with Crippen molar-refractivity contribution in [2.45, 2.75) is 18.9 Å². The number of halogens is 2. The van der Waals surface area contributed by atoms with E-state index in [-0.39, 0.29) is 17.9 Å². The maximum atomic E-state index is 11.1. The Bertz CT molecular complexity index is 482. The second-order valence-electron chi connectivity index (χ2n) is 4.83. The molecule has 4 nitrogen and oxygen atoms in total. The lowest BCUT2D eigenvalue weighted by atomic mass is 9.93. The average molecular weight is 317 g/mol. The Labute approximate surface area is 128 Å². The van der Waals surface area contributed by atoms with Crippen molar-refractivity contribution in [3.63, 3.8) is 0 Å². The van der Waals surface area contributed by atoms with Crippen molar-refractivity contribution in [3.05, 3.63) is 33.8 Å². The zero-order chi connectivity index (χ0) is 14.5. The van der Waals surface area contributed by atoms with Gasteiger partial charge in [-0.15, -0.1) is 0 Å². The summed E-state index contributed by atoms with van der Waals surface area (Å²) in [4.78, 5) is 11.1. The Morgan fingerprint density at radius 3 is 2.95 bits per heavy atom. The fourth-order valence-electron chi connectivity index (χ4n) is 2.31. The largest absolute Gasteiger partial charge is 0.374 e. The molecular weight excluding hydrogens is 299 g/mol. The molecule has 2 rings (SSSR count). The predicted molar refractivity (Wildman–Crippen MR) is 80.5 cm³/mol. The molecule has 0 unspecified atom stereocenters. The summed E-state index contributed by atoms with van der Waals surface area (Å²) in [6.07, 6.45) is -0.0776. The Balaban J connectivity index is 2.18. The molecule has 110 valence electrons. The van der Waals surface area contributed by atoms with Crippen LogP contribution in [0, 0.1) is 0 Å². The van der Waals surface area contributed by atoms with Crippen molar-refractivity contribution in [1.82, 2.24) is 10.6 Å². The van der Waals surface area contributed by atoms with Crippen LogP contribution in [0.4, 0.5) is 0 Å². The third kappa shape index (κ3) is 4.09. The van der Waals surface area contributed by atoms with Crippen molar-refractivity contribution in [3.8, 4) is 0 Å². The predicted octanol–water partition coefficient (Wildman–Crippen LogP) is 2.20. The lowest BCUT2D eigenvalue weighted by Gasteiger charge is -2.25. The summed E-state index contributed by atoms with van der Waals surface area (Å²) in [5, 5.41) is 7.22. The fourth-order valence-corrected chi connectivity index (χ4v) is 2.62. The highest BCUT2D eigenvalue weighted by Crippen LogP contribution is 2.29. The van der Waals surface area contributed by atoms with Gasteiger partial charge >= 0.3 is 0 Å². The van der Waals surface area contributed by atoms with Crippen LogP contribution < -0.4 is 10.6 Å². The van der Waals surface area contributed by atoms with E-state index in [1.807, 2.05) is 12.1 Å². The SMILES string of the molecule is CC(=O)NC[C@H]1OCCNC[C@H]1c1ccc(Cl)c(Cl)c1. The van der Waals surface area contributed by atoms with Gasteiger partial charge in [0.15, 0.2) is 0 Å². The Hall–Kier alpha value is -0.810. The molecule has 1 aromatic carbocycles. The van der Waals surface area contributed by atoms with Gasteiger partial charge in [0.05, 0.1) is 22.8 Å². The van der Waals surface area contributed by atoms with Gasteiger partial charge in [0.1, 0.15) is 0 Å². The first-order valence-electron chi connectivity index (χ1n) is 6.59. The molecule has 1 saturated heterocycles. The number of benzene rings is 1. The van der Waals surface area contributed by atoms with E-state index in [1.165, 1.54) is 6.92 Å². The number of ether oxygens (including phenoxy) is 1.